The lowest BCUT2D eigenvalue weighted by Gasteiger charge is -2.13. The van der Waals surface area contributed by atoms with Gasteiger partial charge < -0.3 is 9.73 Å². The second kappa shape index (κ2) is 10.8. The van der Waals surface area contributed by atoms with Gasteiger partial charge in [0.15, 0.2) is 11.0 Å². The first-order chi connectivity index (χ1) is 16.5. The van der Waals surface area contributed by atoms with Gasteiger partial charge in [0.25, 0.3) is 5.91 Å². The molecule has 2 N–H and O–H groups in total. The summed E-state index contributed by atoms with van der Waals surface area (Å²) in [4.78, 5) is 12.6. The van der Waals surface area contributed by atoms with Gasteiger partial charge in [-0.15, -0.1) is 10.2 Å². The molecule has 4 rings (SSSR count). The molecule has 0 saturated carbocycles. The molecule has 174 valence electrons. The molecule has 2 heterocycles. The van der Waals surface area contributed by atoms with Crippen LogP contribution in [0.2, 0.25) is 0 Å². The number of nitrogens with one attached hydrogen (secondary N) is 2. The number of hydrogen-bond acceptors (Lipinski definition) is 7. The molecule has 0 fully saturated rings. The topological polar surface area (TPSA) is 97.3 Å². The van der Waals surface area contributed by atoms with Gasteiger partial charge in [0.05, 0.1) is 18.0 Å². The fourth-order valence-corrected chi connectivity index (χ4v) is 4.05. The number of furan rings is 1. The van der Waals surface area contributed by atoms with Crippen LogP contribution in [0, 0.1) is 13.8 Å². The maximum Gasteiger partial charge on any atom is 0.253 e. The predicted octanol–water partition coefficient (Wildman–Crippen LogP) is 4.72. The number of hydrazone groups is 1. The molecule has 0 aliphatic rings. The standard InChI is InChI=1S/C25H26N6O2S/c1-17-9-12-20(13-10-17)26-16-23-28-30-25(31(23)21-7-5-4-6-8-21)34-19(3)24(32)29-27-15-22-14-11-18(2)33-22/h4-15,19,26H,16H2,1-3H3,(H,29,32)/b27-15-. The second-order valence-electron chi connectivity index (χ2n) is 7.73. The number of nitrogens with zero attached hydrogens (tertiary/aromatic N) is 4. The number of amides is 1. The highest BCUT2D eigenvalue weighted by atomic mass is 32.2. The molecule has 0 radical (unpaired) electrons. The van der Waals surface area contributed by atoms with Gasteiger partial charge in [-0.1, -0.05) is 47.7 Å². The summed E-state index contributed by atoms with van der Waals surface area (Å²) in [6.07, 6.45) is 1.48. The minimum absolute atomic E-state index is 0.244. The number of thioether (sulfide) groups is 1. The summed E-state index contributed by atoms with van der Waals surface area (Å²) in [5.74, 6) is 1.86. The lowest BCUT2D eigenvalue weighted by atomic mass is 10.2. The predicted molar refractivity (Wildman–Crippen MR) is 134 cm³/mol. The summed E-state index contributed by atoms with van der Waals surface area (Å²) < 4.78 is 7.38. The summed E-state index contributed by atoms with van der Waals surface area (Å²) in [5.41, 5.74) is 5.68. The molecule has 9 heteroatoms. The van der Waals surface area contributed by atoms with E-state index in [2.05, 4.69) is 45.1 Å². The number of benzene rings is 2. The normalized spacial score (nSPS) is 12.1. The van der Waals surface area contributed by atoms with Crippen LogP contribution in [0.1, 0.15) is 29.8 Å². The van der Waals surface area contributed by atoms with Gasteiger partial charge in [0.2, 0.25) is 0 Å². The third kappa shape index (κ3) is 5.93. The Balaban J connectivity index is 1.47. The van der Waals surface area contributed by atoms with E-state index in [9.17, 15) is 4.79 Å². The molecular formula is C25H26N6O2S. The van der Waals surface area contributed by atoms with Crippen LogP contribution in [-0.4, -0.2) is 32.1 Å². The summed E-state index contributed by atoms with van der Waals surface area (Å²) in [7, 11) is 0. The van der Waals surface area contributed by atoms with Crippen molar-refractivity contribution in [2.45, 2.75) is 37.7 Å². The molecule has 2 aromatic heterocycles. The summed E-state index contributed by atoms with van der Waals surface area (Å²) >= 11 is 1.32. The maximum atomic E-state index is 12.6. The fourth-order valence-electron chi connectivity index (χ4n) is 3.16. The molecule has 8 nitrogen and oxygen atoms in total. The smallest absolute Gasteiger partial charge is 0.253 e. The van der Waals surface area contributed by atoms with Crippen LogP contribution in [0.4, 0.5) is 5.69 Å². The highest BCUT2D eigenvalue weighted by molar-refractivity contribution is 8.00. The SMILES string of the molecule is Cc1ccc(NCc2nnc(SC(C)C(=O)N/N=C\c3ccc(C)o3)n2-c2ccccc2)cc1. The lowest BCUT2D eigenvalue weighted by Crippen LogP contribution is -2.27. The van der Waals surface area contributed by atoms with Gasteiger partial charge in [0.1, 0.15) is 11.5 Å². The van der Waals surface area contributed by atoms with E-state index >= 15 is 0 Å². The number of aryl methyl sites for hydroxylation is 2. The molecule has 0 saturated heterocycles. The van der Waals surface area contributed by atoms with Crippen LogP contribution < -0.4 is 10.7 Å². The monoisotopic (exact) mass is 474 g/mol. The summed E-state index contributed by atoms with van der Waals surface area (Å²) in [5, 5.41) is 16.3. The molecule has 0 aliphatic heterocycles. The Kier molecular flexibility index (Phi) is 7.44. The minimum atomic E-state index is -0.444. The molecule has 0 aliphatic carbocycles. The van der Waals surface area contributed by atoms with E-state index in [4.69, 9.17) is 4.42 Å². The van der Waals surface area contributed by atoms with E-state index in [0.29, 0.717) is 17.5 Å². The molecular weight excluding hydrogens is 448 g/mol. The van der Waals surface area contributed by atoms with Gasteiger partial charge in [-0.05, 0) is 57.2 Å². The van der Waals surface area contributed by atoms with Gasteiger partial charge in [-0.25, -0.2) is 5.43 Å². The molecule has 2 aromatic carbocycles. The average molecular weight is 475 g/mol. The van der Waals surface area contributed by atoms with Crippen molar-refractivity contribution < 1.29 is 9.21 Å². The van der Waals surface area contributed by atoms with Crippen molar-refractivity contribution in [3.8, 4) is 5.69 Å². The van der Waals surface area contributed by atoms with Crippen molar-refractivity contribution in [2.75, 3.05) is 5.32 Å². The lowest BCUT2D eigenvalue weighted by molar-refractivity contribution is -0.120. The summed E-state index contributed by atoms with van der Waals surface area (Å²) in [6.45, 7) is 6.20. The molecule has 34 heavy (non-hydrogen) atoms. The molecule has 0 bridgehead atoms. The third-order valence-corrected chi connectivity index (χ3v) is 6.04. The molecule has 4 aromatic rings. The van der Waals surface area contributed by atoms with Crippen molar-refractivity contribution in [2.24, 2.45) is 5.10 Å². The van der Waals surface area contributed by atoms with Crippen LogP contribution in [0.15, 0.2) is 81.4 Å². The quantitative estimate of drug-likeness (QED) is 0.207. The number of aromatic nitrogens is 3. The van der Waals surface area contributed by atoms with E-state index in [-0.39, 0.29) is 5.91 Å². The average Bonchev–Trinajstić information content (AvgIpc) is 3.44. The molecule has 1 atom stereocenters. The number of hydrogen-bond donors (Lipinski definition) is 2. The Morgan fingerprint density at radius 3 is 2.56 bits per heavy atom. The van der Waals surface area contributed by atoms with E-state index in [1.54, 1.807) is 13.0 Å². The van der Waals surface area contributed by atoms with Gasteiger partial charge in [-0.2, -0.15) is 5.10 Å². The number of carbonyl (C=O) groups is 1. The first kappa shape index (κ1) is 23.3. The zero-order valence-corrected chi connectivity index (χ0v) is 20.0. The van der Waals surface area contributed by atoms with Crippen molar-refractivity contribution in [3.63, 3.8) is 0 Å². The van der Waals surface area contributed by atoms with Crippen LogP contribution in [0.25, 0.3) is 5.69 Å². The molecule has 1 amide bonds. The Morgan fingerprint density at radius 1 is 1.09 bits per heavy atom. The van der Waals surface area contributed by atoms with Gasteiger partial charge >= 0.3 is 0 Å². The Hall–Kier alpha value is -3.85. The maximum absolute atomic E-state index is 12.6. The number of rotatable bonds is 9. The Morgan fingerprint density at radius 2 is 1.85 bits per heavy atom. The zero-order valence-electron chi connectivity index (χ0n) is 19.2. The number of carbonyl (C=O) groups excluding carboxylic acids is 1. The highest BCUT2D eigenvalue weighted by Gasteiger charge is 2.21. The first-order valence-corrected chi connectivity index (χ1v) is 11.7. The van der Waals surface area contributed by atoms with Crippen LogP contribution in [0.3, 0.4) is 0 Å². The van der Waals surface area contributed by atoms with Crippen molar-refractivity contribution >= 4 is 29.6 Å². The Labute approximate surface area is 202 Å². The van der Waals surface area contributed by atoms with E-state index < -0.39 is 5.25 Å². The second-order valence-corrected chi connectivity index (χ2v) is 9.04. The van der Waals surface area contributed by atoms with Gasteiger partial charge in [-0.3, -0.25) is 9.36 Å². The van der Waals surface area contributed by atoms with E-state index in [1.807, 2.05) is 60.0 Å². The Bertz CT molecular complexity index is 1260. The summed E-state index contributed by atoms with van der Waals surface area (Å²) in [6, 6.07) is 21.7. The van der Waals surface area contributed by atoms with Crippen molar-refractivity contribution in [1.82, 2.24) is 20.2 Å². The van der Waals surface area contributed by atoms with E-state index in [0.717, 1.165) is 23.0 Å². The number of anilines is 1. The van der Waals surface area contributed by atoms with E-state index in [1.165, 1.54) is 23.5 Å². The van der Waals surface area contributed by atoms with Gasteiger partial charge in [0, 0.05) is 11.4 Å². The highest BCUT2D eigenvalue weighted by Crippen LogP contribution is 2.26. The van der Waals surface area contributed by atoms with Crippen molar-refractivity contribution in [1.29, 1.82) is 0 Å². The zero-order chi connectivity index (χ0) is 23.9. The van der Waals surface area contributed by atoms with Crippen LogP contribution >= 0.6 is 11.8 Å². The molecule has 1 unspecified atom stereocenters. The largest absolute Gasteiger partial charge is 0.460 e. The van der Waals surface area contributed by atoms with Crippen LogP contribution in [-0.2, 0) is 11.3 Å². The number of para-hydroxylation sites is 1. The first-order valence-electron chi connectivity index (χ1n) is 10.9. The third-order valence-electron chi connectivity index (χ3n) is 5.00. The fraction of sp³-hybridized carbons (Fsp3) is 0.200. The van der Waals surface area contributed by atoms with Crippen molar-refractivity contribution in [3.05, 3.63) is 89.6 Å². The minimum Gasteiger partial charge on any atom is -0.460 e. The van der Waals surface area contributed by atoms with Crippen LogP contribution in [0.5, 0.6) is 0 Å². The molecule has 0 spiro atoms.